The van der Waals surface area contributed by atoms with Crippen molar-refractivity contribution < 1.29 is 4.74 Å². The Hall–Kier alpha value is -1.44. The van der Waals surface area contributed by atoms with Crippen LogP contribution in [0.2, 0.25) is 0 Å². The molecule has 82 valence electrons. The van der Waals surface area contributed by atoms with Gasteiger partial charge in [-0.15, -0.1) is 0 Å². The first-order valence-corrected chi connectivity index (χ1v) is 5.34. The van der Waals surface area contributed by atoms with Crippen LogP contribution < -0.4 is 10.1 Å². The molecular weight excluding hydrogens is 186 g/mol. The van der Waals surface area contributed by atoms with Gasteiger partial charge in [-0.3, -0.25) is 0 Å². The maximum atomic E-state index is 5.55. The van der Waals surface area contributed by atoms with Crippen LogP contribution in [0.15, 0.2) is 36.4 Å². The molecule has 0 aliphatic carbocycles. The quantitative estimate of drug-likeness (QED) is 0.743. The molecule has 0 unspecified atom stereocenters. The van der Waals surface area contributed by atoms with Crippen LogP contribution >= 0.6 is 0 Å². The van der Waals surface area contributed by atoms with E-state index in [1.54, 1.807) is 0 Å². The van der Waals surface area contributed by atoms with Crippen LogP contribution in [-0.4, -0.2) is 12.6 Å². The van der Waals surface area contributed by atoms with E-state index in [0.717, 1.165) is 18.0 Å². The van der Waals surface area contributed by atoms with Crippen molar-refractivity contribution in [2.45, 2.75) is 26.9 Å². The van der Waals surface area contributed by atoms with E-state index in [1.807, 2.05) is 51.1 Å². The average molecular weight is 205 g/mol. The van der Waals surface area contributed by atoms with Gasteiger partial charge in [0.15, 0.2) is 0 Å². The third-order valence-electron chi connectivity index (χ3n) is 1.89. The molecule has 0 atom stereocenters. The fourth-order valence-corrected chi connectivity index (χ4v) is 1.22. The predicted molar refractivity (Wildman–Crippen MR) is 65.5 cm³/mol. The molecular formula is C13H19NO. The smallest absolute Gasteiger partial charge is 0.119 e. The van der Waals surface area contributed by atoms with E-state index in [2.05, 4.69) is 11.4 Å². The molecule has 2 nitrogen and oxygen atoms in total. The van der Waals surface area contributed by atoms with Crippen LogP contribution in [-0.2, 0) is 0 Å². The van der Waals surface area contributed by atoms with E-state index in [0.29, 0.717) is 0 Å². The first-order chi connectivity index (χ1) is 7.22. The maximum absolute atomic E-state index is 5.55. The molecule has 1 N–H and O–H groups in total. The largest absolute Gasteiger partial charge is 0.491 e. The zero-order valence-corrected chi connectivity index (χ0v) is 9.66. The van der Waals surface area contributed by atoms with Crippen molar-refractivity contribution in [3.63, 3.8) is 0 Å². The summed E-state index contributed by atoms with van der Waals surface area (Å²) >= 11 is 0. The average Bonchev–Trinajstić information content (AvgIpc) is 2.20. The number of hydrogen-bond acceptors (Lipinski definition) is 2. The molecule has 0 heterocycles. The van der Waals surface area contributed by atoms with Gasteiger partial charge in [0.2, 0.25) is 0 Å². The molecule has 1 aromatic carbocycles. The van der Waals surface area contributed by atoms with Gasteiger partial charge in [0, 0.05) is 12.2 Å². The Balaban J connectivity index is 2.48. The third-order valence-corrected chi connectivity index (χ3v) is 1.89. The van der Waals surface area contributed by atoms with Gasteiger partial charge >= 0.3 is 0 Å². The summed E-state index contributed by atoms with van der Waals surface area (Å²) in [4.78, 5) is 0. The standard InChI is InChI=1S/C13H19NO/c1-4-5-10-14-12-6-8-13(9-7-12)15-11(2)3/h4-9,11,14H,10H2,1-3H3/b5-4+. The maximum Gasteiger partial charge on any atom is 0.119 e. The zero-order valence-electron chi connectivity index (χ0n) is 9.66. The highest BCUT2D eigenvalue weighted by molar-refractivity contribution is 5.46. The molecule has 0 saturated heterocycles. The van der Waals surface area contributed by atoms with E-state index in [1.165, 1.54) is 0 Å². The lowest BCUT2D eigenvalue weighted by Gasteiger charge is -2.10. The fraction of sp³-hybridized carbons (Fsp3) is 0.385. The molecule has 0 aliphatic heterocycles. The van der Waals surface area contributed by atoms with Gasteiger partial charge in [0.25, 0.3) is 0 Å². The molecule has 0 amide bonds. The lowest BCUT2D eigenvalue weighted by atomic mass is 10.3. The number of benzene rings is 1. The minimum absolute atomic E-state index is 0.229. The van der Waals surface area contributed by atoms with Gasteiger partial charge in [0.1, 0.15) is 5.75 Å². The Labute approximate surface area is 92.0 Å². The van der Waals surface area contributed by atoms with Crippen molar-refractivity contribution in [1.82, 2.24) is 0 Å². The minimum Gasteiger partial charge on any atom is -0.491 e. The molecule has 0 aliphatic rings. The third kappa shape index (κ3) is 4.54. The number of allylic oxidation sites excluding steroid dienone is 1. The first kappa shape index (κ1) is 11.6. The topological polar surface area (TPSA) is 21.3 Å². The Morgan fingerprint density at radius 2 is 1.93 bits per heavy atom. The number of hydrogen-bond donors (Lipinski definition) is 1. The highest BCUT2D eigenvalue weighted by Crippen LogP contribution is 2.16. The van der Waals surface area contributed by atoms with E-state index in [-0.39, 0.29) is 6.10 Å². The second-order valence-corrected chi connectivity index (χ2v) is 3.64. The fourth-order valence-electron chi connectivity index (χ4n) is 1.22. The summed E-state index contributed by atoms with van der Waals surface area (Å²) in [5, 5.41) is 3.28. The van der Waals surface area contributed by atoms with E-state index >= 15 is 0 Å². The van der Waals surface area contributed by atoms with Crippen LogP contribution in [0, 0.1) is 0 Å². The molecule has 15 heavy (non-hydrogen) atoms. The number of ether oxygens (including phenoxy) is 1. The molecule has 0 aromatic heterocycles. The summed E-state index contributed by atoms with van der Waals surface area (Å²) < 4.78 is 5.55. The number of nitrogens with one attached hydrogen (secondary N) is 1. The van der Waals surface area contributed by atoms with Gasteiger partial charge in [-0.2, -0.15) is 0 Å². The molecule has 0 bridgehead atoms. The monoisotopic (exact) mass is 205 g/mol. The van der Waals surface area contributed by atoms with Crippen LogP contribution in [0.3, 0.4) is 0 Å². The lowest BCUT2D eigenvalue weighted by molar-refractivity contribution is 0.242. The Bertz CT molecular complexity index is 301. The molecule has 1 rings (SSSR count). The van der Waals surface area contributed by atoms with Crippen molar-refractivity contribution in [3.05, 3.63) is 36.4 Å². The summed E-state index contributed by atoms with van der Waals surface area (Å²) in [6.45, 7) is 6.93. The summed E-state index contributed by atoms with van der Waals surface area (Å²) in [5.41, 5.74) is 1.12. The summed E-state index contributed by atoms with van der Waals surface area (Å²) in [6, 6.07) is 8.03. The van der Waals surface area contributed by atoms with Gasteiger partial charge in [-0.1, -0.05) is 12.2 Å². The Kier molecular flexibility index (Phi) is 4.75. The van der Waals surface area contributed by atoms with Gasteiger partial charge in [0.05, 0.1) is 6.10 Å². The van der Waals surface area contributed by atoms with Crippen molar-refractivity contribution in [1.29, 1.82) is 0 Å². The molecule has 1 aromatic rings. The molecule has 0 saturated carbocycles. The highest BCUT2D eigenvalue weighted by Gasteiger charge is 1.96. The molecule has 0 spiro atoms. The minimum atomic E-state index is 0.229. The second kappa shape index (κ2) is 6.12. The Morgan fingerprint density at radius 3 is 2.47 bits per heavy atom. The lowest BCUT2D eigenvalue weighted by Crippen LogP contribution is -2.05. The molecule has 0 radical (unpaired) electrons. The van der Waals surface area contributed by atoms with Crippen LogP contribution in [0.4, 0.5) is 5.69 Å². The SMILES string of the molecule is C/C=C/CNc1ccc(OC(C)C)cc1. The van der Waals surface area contributed by atoms with Crippen LogP contribution in [0.5, 0.6) is 5.75 Å². The van der Waals surface area contributed by atoms with E-state index in [4.69, 9.17) is 4.74 Å². The van der Waals surface area contributed by atoms with E-state index in [9.17, 15) is 0 Å². The Morgan fingerprint density at radius 1 is 1.27 bits per heavy atom. The number of anilines is 1. The van der Waals surface area contributed by atoms with Crippen molar-refractivity contribution in [2.24, 2.45) is 0 Å². The highest BCUT2D eigenvalue weighted by atomic mass is 16.5. The predicted octanol–water partition coefficient (Wildman–Crippen LogP) is 3.46. The van der Waals surface area contributed by atoms with Crippen LogP contribution in [0.25, 0.3) is 0 Å². The van der Waals surface area contributed by atoms with E-state index < -0.39 is 0 Å². The summed E-state index contributed by atoms with van der Waals surface area (Å²) in [7, 11) is 0. The second-order valence-electron chi connectivity index (χ2n) is 3.64. The van der Waals surface area contributed by atoms with Crippen molar-refractivity contribution in [2.75, 3.05) is 11.9 Å². The van der Waals surface area contributed by atoms with Crippen molar-refractivity contribution in [3.8, 4) is 5.75 Å². The normalized spacial score (nSPS) is 10.9. The van der Waals surface area contributed by atoms with Crippen LogP contribution in [0.1, 0.15) is 20.8 Å². The number of rotatable bonds is 5. The molecule has 0 fully saturated rings. The summed E-state index contributed by atoms with van der Waals surface area (Å²) in [5.74, 6) is 0.918. The zero-order chi connectivity index (χ0) is 11.1. The molecule has 2 heteroatoms. The van der Waals surface area contributed by atoms with Crippen molar-refractivity contribution >= 4 is 5.69 Å². The first-order valence-electron chi connectivity index (χ1n) is 5.34. The van der Waals surface area contributed by atoms with Gasteiger partial charge < -0.3 is 10.1 Å². The van der Waals surface area contributed by atoms with Gasteiger partial charge in [-0.25, -0.2) is 0 Å². The summed E-state index contributed by atoms with van der Waals surface area (Å²) in [6.07, 6.45) is 4.34. The van der Waals surface area contributed by atoms with Gasteiger partial charge in [-0.05, 0) is 45.0 Å².